The van der Waals surface area contributed by atoms with Crippen molar-refractivity contribution >= 4 is 15.9 Å². The first-order chi connectivity index (χ1) is 7.27. The third kappa shape index (κ3) is 14.3. The zero-order valence-electron chi connectivity index (χ0n) is 9.19. The highest BCUT2D eigenvalue weighted by Crippen LogP contribution is 2.08. The molecule has 0 saturated heterocycles. The van der Waals surface area contributed by atoms with Crippen LogP contribution >= 0.6 is 15.9 Å². The molecule has 0 rings (SSSR count). The third-order valence-corrected chi connectivity index (χ3v) is 2.73. The number of hydrogen-bond donors (Lipinski definition) is 0. The van der Waals surface area contributed by atoms with Gasteiger partial charge in [0.2, 0.25) is 0 Å². The van der Waals surface area contributed by atoms with Gasteiger partial charge in [-0.05, 0) is 12.8 Å². The molecule has 0 fully saturated rings. The van der Waals surface area contributed by atoms with E-state index in [1.807, 2.05) is 0 Å². The maximum Gasteiger partial charge on any atom is 0.261 e. The second-order valence-electron chi connectivity index (χ2n) is 3.63. The Morgan fingerprint density at radius 2 is 1.40 bits per heavy atom. The Balaban J connectivity index is 2.87. The molecule has 0 aromatic heterocycles. The first-order valence-corrected chi connectivity index (χ1v) is 6.81. The van der Waals surface area contributed by atoms with Gasteiger partial charge in [0.05, 0.1) is 0 Å². The zero-order chi connectivity index (χ0) is 11.4. The van der Waals surface area contributed by atoms with Gasteiger partial charge >= 0.3 is 0 Å². The summed E-state index contributed by atoms with van der Waals surface area (Å²) >= 11 is 3.39. The summed E-state index contributed by atoms with van der Waals surface area (Å²) in [4.78, 5) is 0. The highest BCUT2D eigenvalue weighted by atomic mass is 79.9. The maximum absolute atomic E-state index is 11.7. The van der Waals surface area contributed by atoms with Crippen LogP contribution in [-0.2, 0) is 4.74 Å². The summed E-state index contributed by atoms with van der Waals surface area (Å²) in [5.41, 5.74) is 0. The second kappa shape index (κ2) is 12.4. The van der Waals surface area contributed by atoms with Crippen molar-refractivity contribution in [1.82, 2.24) is 0 Å². The summed E-state index contributed by atoms with van der Waals surface area (Å²) < 4.78 is 28.1. The molecule has 15 heavy (non-hydrogen) atoms. The molecule has 0 aromatic carbocycles. The van der Waals surface area contributed by atoms with Crippen molar-refractivity contribution in [3.63, 3.8) is 0 Å². The van der Waals surface area contributed by atoms with Crippen molar-refractivity contribution in [3.05, 3.63) is 0 Å². The van der Waals surface area contributed by atoms with Gasteiger partial charge in [0, 0.05) is 11.9 Å². The van der Waals surface area contributed by atoms with E-state index in [0.717, 1.165) is 18.2 Å². The molecule has 1 nitrogen and oxygen atoms in total. The number of alkyl halides is 3. The number of unbranched alkanes of at least 4 members (excludes halogenated alkanes) is 6. The van der Waals surface area contributed by atoms with E-state index >= 15 is 0 Å². The lowest BCUT2D eigenvalue weighted by molar-refractivity contribution is 0.0162. The molecule has 0 saturated carbocycles. The average molecular weight is 287 g/mol. The summed E-state index contributed by atoms with van der Waals surface area (Å²) in [5, 5.41) is 1.09. The Morgan fingerprint density at radius 3 is 1.93 bits per heavy atom. The summed E-state index contributed by atoms with van der Waals surface area (Å²) in [6.45, 7) is 0.0665. The Labute approximate surface area is 99.7 Å². The minimum Gasteiger partial charge on any atom is -0.376 e. The van der Waals surface area contributed by atoms with Crippen LogP contribution < -0.4 is 0 Å². The lowest BCUT2D eigenvalue weighted by Gasteiger charge is -2.03. The fraction of sp³-hybridized carbons (Fsp3) is 1.00. The van der Waals surface area contributed by atoms with Gasteiger partial charge in [-0.3, -0.25) is 0 Å². The lowest BCUT2D eigenvalue weighted by atomic mass is 10.1. The van der Waals surface area contributed by atoms with Crippen molar-refractivity contribution in [2.75, 3.05) is 18.5 Å². The third-order valence-electron chi connectivity index (χ3n) is 2.17. The first-order valence-electron chi connectivity index (χ1n) is 5.69. The highest BCUT2D eigenvalue weighted by Gasteiger charge is 2.00. The molecule has 0 aliphatic rings. The van der Waals surface area contributed by atoms with Gasteiger partial charge in [0.25, 0.3) is 6.43 Å². The van der Waals surface area contributed by atoms with E-state index in [9.17, 15) is 8.78 Å². The molecule has 4 heteroatoms. The smallest absolute Gasteiger partial charge is 0.261 e. The quantitative estimate of drug-likeness (QED) is 0.404. The van der Waals surface area contributed by atoms with Gasteiger partial charge < -0.3 is 4.74 Å². The average Bonchev–Trinajstić information content (AvgIpc) is 2.20. The fourth-order valence-corrected chi connectivity index (χ4v) is 1.75. The summed E-state index contributed by atoms with van der Waals surface area (Å²) in [6.07, 6.45) is 5.94. The maximum atomic E-state index is 11.7. The fourth-order valence-electron chi connectivity index (χ4n) is 1.35. The van der Waals surface area contributed by atoms with Crippen LogP contribution in [0.25, 0.3) is 0 Å². The normalized spacial score (nSPS) is 11.2. The Kier molecular flexibility index (Phi) is 12.6. The number of ether oxygens (including phenoxy) is 1. The van der Waals surface area contributed by atoms with Crippen LogP contribution in [0.5, 0.6) is 0 Å². The lowest BCUT2D eigenvalue weighted by Crippen LogP contribution is -2.05. The van der Waals surface area contributed by atoms with Crippen LogP contribution in [0, 0.1) is 0 Å². The largest absolute Gasteiger partial charge is 0.376 e. The SMILES string of the molecule is FC(F)COCCCCCCCCCBr. The van der Waals surface area contributed by atoms with E-state index in [1.54, 1.807) is 0 Å². The molecule has 0 radical (unpaired) electrons. The Hall–Kier alpha value is 0.300. The van der Waals surface area contributed by atoms with Gasteiger partial charge in [-0.2, -0.15) is 0 Å². The standard InChI is InChI=1S/C11H21BrF2O/c12-8-6-4-2-1-3-5-7-9-15-10-11(13)14/h11H,1-10H2. The molecular weight excluding hydrogens is 266 g/mol. The molecule has 0 aromatic rings. The number of halogens is 3. The van der Waals surface area contributed by atoms with E-state index in [-0.39, 0.29) is 0 Å². The molecule has 0 heterocycles. The highest BCUT2D eigenvalue weighted by molar-refractivity contribution is 9.09. The molecule has 92 valence electrons. The number of hydrogen-bond acceptors (Lipinski definition) is 1. The molecule has 0 amide bonds. The topological polar surface area (TPSA) is 9.23 Å². The van der Waals surface area contributed by atoms with Gasteiger partial charge in [0.1, 0.15) is 6.61 Å². The van der Waals surface area contributed by atoms with E-state index in [1.165, 1.54) is 32.1 Å². The number of rotatable bonds is 11. The monoisotopic (exact) mass is 286 g/mol. The van der Waals surface area contributed by atoms with E-state index in [0.29, 0.717) is 6.61 Å². The molecule has 0 bridgehead atoms. The van der Waals surface area contributed by atoms with Gasteiger partial charge in [-0.1, -0.05) is 48.0 Å². The van der Waals surface area contributed by atoms with Crippen molar-refractivity contribution < 1.29 is 13.5 Å². The van der Waals surface area contributed by atoms with E-state index in [2.05, 4.69) is 15.9 Å². The van der Waals surface area contributed by atoms with Crippen LogP contribution in [0.1, 0.15) is 44.9 Å². The summed E-state index contributed by atoms with van der Waals surface area (Å²) in [6, 6.07) is 0. The molecule has 0 unspecified atom stereocenters. The van der Waals surface area contributed by atoms with Crippen LogP contribution in [-0.4, -0.2) is 25.0 Å². The molecular formula is C11H21BrF2O. The minimum atomic E-state index is -2.32. The molecule has 0 atom stereocenters. The summed E-state index contributed by atoms with van der Waals surface area (Å²) in [7, 11) is 0. The van der Waals surface area contributed by atoms with Crippen LogP contribution in [0.2, 0.25) is 0 Å². The minimum absolute atomic E-state index is 0.411. The van der Waals surface area contributed by atoms with Crippen molar-refractivity contribution in [2.24, 2.45) is 0 Å². The van der Waals surface area contributed by atoms with Crippen molar-refractivity contribution in [2.45, 2.75) is 51.4 Å². The molecule has 0 aliphatic heterocycles. The van der Waals surface area contributed by atoms with E-state index in [4.69, 9.17) is 4.74 Å². The van der Waals surface area contributed by atoms with Crippen LogP contribution in [0.3, 0.4) is 0 Å². The van der Waals surface area contributed by atoms with Gasteiger partial charge in [0.15, 0.2) is 0 Å². The zero-order valence-corrected chi connectivity index (χ0v) is 10.8. The van der Waals surface area contributed by atoms with Gasteiger partial charge in [-0.25, -0.2) is 8.78 Å². The van der Waals surface area contributed by atoms with Crippen LogP contribution in [0.15, 0.2) is 0 Å². The van der Waals surface area contributed by atoms with Crippen LogP contribution in [0.4, 0.5) is 8.78 Å². The predicted octanol–water partition coefficient (Wildman–Crippen LogP) is 4.39. The molecule has 0 spiro atoms. The molecule has 0 aliphatic carbocycles. The van der Waals surface area contributed by atoms with Gasteiger partial charge in [-0.15, -0.1) is 0 Å². The summed E-state index contributed by atoms with van der Waals surface area (Å²) in [5.74, 6) is 0. The predicted molar refractivity (Wildman–Crippen MR) is 62.9 cm³/mol. The van der Waals surface area contributed by atoms with Crippen molar-refractivity contribution in [3.8, 4) is 0 Å². The molecule has 0 N–H and O–H groups in total. The Bertz CT molecular complexity index is 123. The first kappa shape index (κ1) is 15.3. The van der Waals surface area contributed by atoms with Crippen molar-refractivity contribution in [1.29, 1.82) is 0 Å². The van der Waals surface area contributed by atoms with E-state index < -0.39 is 13.0 Å². The second-order valence-corrected chi connectivity index (χ2v) is 4.42. The Morgan fingerprint density at radius 1 is 0.867 bits per heavy atom.